The monoisotopic (exact) mass is 161 g/mol. The lowest BCUT2D eigenvalue weighted by Crippen LogP contribution is -2.11. The predicted molar refractivity (Wildman–Crippen MR) is 40.2 cm³/mol. The Morgan fingerprint density at radius 3 is 2.40 bits per heavy atom. The molecule has 1 radical (unpaired) electrons. The van der Waals surface area contributed by atoms with Crippen molar-refractivity contribution in [1.29, 1.82) is 0 Å². The summed E-state index contributed by atoms with van der Waals surface area (Å²) < 4.78 is 0. The molecule has 4 N–H and O–H groups in total. The van der Waals surface area contributed by atoms with Crippen molar-refractivity contribution in [2.24, 2.45) is 11.5 Å². The summed E-state index contributed by atoms with van der Waals surface area (Å²) in [6.45, 7) is 0. The van der Waals surface area contributed by atoms with Gasteiger partial charge in [-0.1, -0.05) is 11.8 Å². The third-order valence-corrected chi connectivity index (χ3v) is 1.43. The molecule has 57 valence electrons. The maximum Gasteiger partial charge on any atom is 0.276 e. The molecule has 0 bridgehead atoms. The highest BCUT2D eigenvalue weighted by Gasteiger charge is 1.97. The average molecular weight is 161 g/mol. The molecule has 0 saturated heterocycles. The van der Waals surface area contributed by atoms with Crippen LogP contribution in [0, 0.1) is 6.42 Å². The zero-order valence-electron chi connectivity index (χ0n) is 5.37. The van der Waals surface area contributed by atoms with Crippen LogP contribution in [0.2, 0.25) is 0 Å². The maximum atomic E-state index is 10.1. The Morgan fingerprint density at radius 2 is 2.00 bits per heavy atom. The Kier molecular flexibility index (Phi) is 4.74. The fourth-order valence-corrected chi connectivity index (χ4v) is 0.798. The zero-order valence-corrected chi connectivity index (χ0v) is 6.19. The van der Waals surface area contributed by atoms with E-state index in [-0.39, 0.29) is 0 Å². The van der Waals surface area contributed by atoms with E-state index in [0.29, 0.717) is 12.2 Å². The summed E-state index contributed by atoms with van der Waals surface area (Å²) in [7, 11) is 0. The third kappa shape index (κ3) is 7.29. The molecule has 0 aliphatic heterocycles. The Morgan fingerprint density at radius 1 is 1.40 bits per heavy atom. The van der Waals surface area contributed by atoms with E-state index in [9.17, 15) is 9.59 Å². The third-order valence-electron chi connectivity index (χ3n) is 0.708. The number of carbonyl (C=O) groups is 2. The van der Waals surface area contributed by atoms with Crippen LogP contribution in [0.25, 0.3) is 0 Å². The van der Waals surface area contributed by atoms with Crippen LogP contribution in [0.15, 0.2) is 0 Å². The zero-order chi connectivity index (χ0) is 7.98. The molecule has 5 heteroatoms. The van der Waals surface area contributed by atoms with Crippen molar-refractivity contribution in [3.8, 4) is 0 Å². The van der Waals surface area contributed by atoms with E-state index in [1.807, 2.05) is 0 Å². The molecule has 10 heavy (non-hydrogen) atoms. The summed E-state index contributed by atoms with van der Waals surface area (Å²) in [6.07, 6.45) is 1.80. The number of nitrogens with two attached hydrogens (primary N) is 2. The number of carbonyl (C=O) groups excluding carboxylic acids is 2. The molecule has 0 aromatic heterocycles. The minimum absolute atomic E-state index is 0.433. The van der Waals surface area contributed by atoms with Crippen LogP contribution in [0.4, 0.5) is 4.79 Å². The highest BCUT2D eigenvalue weighted by atomic mass is 32.2. The van der Waals surface area contributed by atoms with Crippen LogP contribution in [0.5, 0.6) is 0 Å². The van der Waals surface area contributed by atoms with Gasteiger partial charge in [0.2, 0.25) is 5.91 Å². The van der Waals surface area contributed by atoms with Gasteiger partial charge in [-0.25, -0.2) is 0 Å². The van der Waals surface area contributed by atoms with Crippen LogP contribution < -0.4 is 11.5 Å². The minimum atomic E-state index is -0.468. The molecular formula is C5H9N2O2S. The van der Waals surface area contributed by atoms with Gasteiger partial charge in [0.15, 0.2) is 0 Å². The first-order chi connectivity index (χ1) is 4.63. The quantitative estimate of drug-likeness (QED) is 0.563. The molecule has 0 atom stereocenters. The van der Waals surface area contributed by atoms with E-state index in [0.717, 1.165) is 11.8 Å². The summed E-state index contributed by atoms with van der Waals surface area (Å²) in [6, 6.07) is 0. The summed E-state index contributed by atoms with van der Waals surface area (Å²) in [4.78, 5) is 20.2. The molecule has 0 unspecified atom stereocenters. The second-order valence-corrected chi connectivity index (χ2v) is 2.66. The van der Waals surface area contributed by atoms with E-state index >= 15 is 0 Å². The first kappa shape index (κ1) is 9.29. The van der Waals surface area contributed by atoms with Crippen molar-refractivity contribution in [2.75, 3.05) is 5.75 Å². The van der Waals surface area contributed by atoms with Crippen molar-refractivity contribution in [3.63, 3.8) is 0 Å². The van der Waals surface area contributed by atoms with E-state index in [4.69, 9.17) is 11.5 Å². The smallest absolute Gasteiger partial charge is 0.276 e. The van der Waals surface area contributed by atoms with Crippen LogP contribution in [-0.4, -0.2) is 16.9 Å². The Bertz CT molecular complexity index is 122. The molecule has 0 aromatic carbocycles. The Hall–Kier alpha value is -0.710. The largest absolute Gasteiger partial charge is 0.369 e. The lowest BCUT2D eigenvalue weighted by Gasteiger charge is -1.92. The first-order valence-corrected chi connectivity index (χ1v) is 3.66. The molecule has 0 saturated carbocycles. The van der Waals surface area contributed by atoms with Crippen molar-refractivity contribution in [2.45, 2.75) is 6.42 Å². The van der Waals surface area contributed by atoms with Crippen LogP contribution >= 0.6 is 11.8 Å². The summed E-state index contributed by atoms with van der Waals surface area (Å²) in [5, 5.41) is -0.433. The first-order valence-electron chi connectivity index (χ1n) is 2.68. The summed E-state index contributed by atoms with van der Waals surface area (Å²) in [5.41, 5.74) is 9.59. The number of amides is 2. The van der Waals surface area contributed by atoms with Gasteiger partial charge in [0.25, 0.3) is 5.24 Å². The molecule has 0 aliphatic rings. The fourth-order valence-electron chi connectivity index (χ4n) is 0.361. The van der Waals surface area contributed by atoms with Crippen LogP contribution in [0.1, 0.15) is 6.42 Å². The Labute approximate surface area is 63.3 Å². The SMILES string of the molecule is NC(=O)[CH]CCSC(N)=O. The topological polar surface area (TPSA) is 86.2 Å². The van der Waals surface area contributed by atoms with E-state index in [1.165, 1.54) is 6.42 Å². The highest BCUT2D eigenvalue weighted by molar-refractivity contribution is 8.13. The van der Waals surface area contributed by atoms with Crippen molar-refractivity contribution < 1.29 is 9.59 Å². The number of primary amides is 2. The highest BCUT2D eigenvalue weighted by Crippen LogP contribution is 2.02. The second kappa shape index (κ2) is 5.10. The van der Waals surface area contributed by atoms with Gasteiger partial charge in [-0.3, -0.25) is 9.59 Å². The molecule has 0 aliphatic carbocycles. The van der Waals surface area contributed by atoms with Crippen LogP contribution in [0.3, 0.4) is 0 Å². The van der Waals surface area contributed by atoms with Gasteiger partial charge in [-0.15, -0.1) is 0 Å². The summed E-state index contributed by atoms with van der Waals surface area (Å²) >= 11 is 0.973. The van der Waals surface area contributed by atoms with Gasteiger partial charge < -0.3 is 11.5 Å². The molecular weight excluding hydrogens is 152 g/mol. The molecule has 0 aromatic rings. The van der Waals surface area contributed by atoms with E-state index < -0.39 is 11.1 Å². The van der Waals surface area contributed by atoms with Gasteiger partial charge in [-0.05, 0) is 6.42 Å². The number of hydrogen-bond donors (Lipinski definition) is 2. The number of rotatable bonds is 4. The molecule has 0 heterocycles. The predicted octanol–water partition coefficient (Wildman–Crippen LogP) is -0.122. The molecule has 2 amide bonds. The van der Waals surface area contributed by atoms with E-state index in [2.05, 4.69) is 0 Å². The van der Waals surface area contributed by atoms with Gasteiger partial charge >= 0.3 is 0 Å². The average Bonchev–Trinajstić information content (AvgIpc) is 1.79. The van der Waals surface area contributed by atoms with Gasteiger partial charge in [0.1, 0.15) is 0 Å². The molecule has 0 spiro atoms. The molecule has 0 rings (SSSR count). The van der Waals surface area contributed by atoms with Crippen molar-refractivity contribution >= 4 is 22.9 Å². The van der Waals surface area contributed by atoms with Crippen LogP contribution in [-0.2, 0) is 4.79 Å². The van der Waals surface area contributed by atoms with Gasteiger partial charge in [0, 0.05) is 5.75 Å². The van der Waals surface area contributed by atoms with E-state index in [1.54, 1.807) is 0 Å². The second-order valence-electron chi connectivity index (χ2n) is 1.56. The number of thioether (sulfide) groups is 1. The normalized spacial score (nSPS) is 9.20. The lowest BCUT2D eigenvalue weighted by molar-refractivity contribution is -0.115. The summed E-state index contributed by atoms with van der Waals surface area (Å²) in [5.74, 6) is 0.0446. The van der Waals surface area contributed by atoms with Gasteiger partial charge in [0.05, 0.1) is 6.42 Å². The standard InChI is InChI=1S/C5H9N2O2S/c6-4(8)2-1-3-10-5(7)9/h2H,1,3H2,(H2,6,8)(H2,7,9). The lowest BCUT2D eigenvalue weighted by atomic mass is 10.3. The van der Waals surface area contributed by atoms with Crippen molar-refractivity contribution in [3.05, 3.63) is 6.42 Å². The molecule has 4 nitrogen and oxygen atoms in total. The van der Waals surface area contributed by atoms with Gasteiger partial charge in [-0.2, -0.15) is 0 Å². The minimum Gasteiger partial charge on any atom is -0.369 e. The fraction of sp³-hybridized carbons (Fsp3) is 0.400. The molecule has 0 fully saturated rings. The van der Waals surface area contributed by atoms with Crippen molar-refractivity contribution in [1.82, 2.24) is 0 Å². The Balaban J connectivity index is 3.06. The maximum absolute atomic E-state index is 10.1. The number of hydrogen-bond acceptors (Lipinski definition) is 3.